The molecule has 1 amide bonds. The number of nitrogens with one attached hydrogen (secondary N) is 1. The second-order valence-electron chi connectivity index (χ2n) is 5.91. The minimum Gasteiger partial charge on any atom is -0.496 e. The minimum atomic E-state index is -0.602. The number of carbonyl (C=O) groups excluding carboxylic acids is 2. The molecule has 0 unspecified atom stereocenters. The molecular weight excluding hydrogens is 422 g/mol. The van der Waals surface area contributed by atoms with Crippen molar-refractivity contribution >= 4 is 46.8 Å². The maximum atomic E-state index is 11.8. The van der Waals surface area contributed by atoms with E-state index in [9.17, 15) is 9.59 Å². The van der Waals surface area contributed by atoms with Crippen molar-refractivity contribution in [2.75, 3.05) is 14.2 Å². The summed E-state index contributed by atoms with van der Waals surface area (Å²) >= 11 is 2.75. The molecular formula is C21H19N3O4S2. The largest absolute Gasteiger partial charge is 0.496 e. The van der Waals surface area contributed by atoms with Crippen molar-refractivity contribution in [2.45, 2.75) is 10.6 Å². The first-order chi connectivity index (χ1) is 14.6. The van der Waals surface area contributed by atoms with Gasteiger partial charge in [0.25, 0.3) is 5.91 Å². The molecule has 1 aliphatic heterocycles. The third kappa shape index (κ3) is 5.98. The molecule has 0 saturated carbocycles. The molecule has 1 aliphatic rings. The van der Waals surface area contributed by atoms with Crippen molar-refractivity contribution < 1.29 is 19.1 Å². The van der Waals surface area contributed by atoms with Gasteiger partial charge in [-0.25, -0.2) is 4.79 Å². The summed E-state index contributed by atoms with van der Waals surface area (Å²) in [7, 11) is 2.88. The molecule has 1 N–H and O–H groups in total. The van der Waals surface area contributed by atoms with Crippen molar-refractivity contribution in [1.29, 1.82) is 0 Å². The van der Waals surface area contributed by atoms with E-state index in [1.54, 1.807) is 25.1 Å². The zero-order valence-electron chi connectivity index (χ0n) is 16.3. The third-order valence-electron chi connectivity index (χ3n) is 3.91. The number of nitrogens with zero attached hydrogens (tertiary/aromatic N) is 2. The van der Waals surface area contributed by atoms with E-state index in [4.69, 9.17) is 4.74 Å². The molecule has 7 nitrogen and oxygen atoms in total. The van der Waals surface area contributed by atoms with Gasteiger partial charge >= 0.3 is 5.97 Å². The molecule has 9 heteroatoms. The molecule has 1 saturated heterocycles. The Bertz CT molecular complexity index is 1020. The molecule has 2 aromatic carbocycles. The van der Waals surface area contributed by atoms with Crippen LogP contribution < -0.4 is 10.1 Å². The van der Waals surface area contributed by atoms with E-state index in [0.29, 0.717) is 0 Å². The van der Waals surface area contributed by atoms with Gasteiger partial charge in [0.15, 0.2) is 5.17 Å². The zero-order chi connectivity index (χ0) is 21.3. The van der Waals surface area contributed by atoms with Crippen molar-refractivity contribution in [3.8, 4) is 5.75 Å². The van der Waals surface area contributed by atoms with Crippen LogP contribution in [0.5, 0.6) is 5.75 Å². The summed E-state index contributed by atoms with van der Waals surface area (Å²) in [5, 5.41) is 10.8. The van der Waals surface area contributed by atoms with Crippen molar-refractivity contribution in [2.24, 2.45) is 10.2 Å². The van der Waals surface area contributed by atoms with Crippen LogP contribution in [-0.4, -0.2) is 37.5 Å². The standard InChI is InChI=1S/C21H19N3O4S2/c1-27-17-10-14(8-9-15(17)13-29-16-6-4-3-5-7-16)12-22-24-21-23-20(26)18(30-21)11-19(25)28-2/h3-12H,13H2,1-2H3,(H,23,24,26)/b18-11+,22-12?. The molecule has 0 spiro atoms. The average molecular weight is 442 g/mol. The maximum Gasteiger partial charge on any atom is 0.331 e. The summed E-state index contributed by atoms with van der Waals surface area (Å²) in [6.45, 7) is 0. The van der Waals surface area contributed by atoms with Crippen LogP contribution >= 0.6 is 23.5 Å². The Balaban J connectivity index is 1.64. The van der Waals surface area contributed by atoms with E-state index in [0.717, 1.165) is 40.5 Å². The first kappa shape index (κ1) is 21.7. The van der Waals surface area contributed by atoms with Gasteiger partial charge in [-0.15, -0.1) is 16.9 Å². The van der Waals surface area contributed by atoms with Crippen molar-refractivity contribution in [3.05, 3.63) is 70.6 Å². The summed E-state index contributed by atoms with van der Waals surface area (Å²) < 4.78 is 10.0. The first-order valence-corrected chi connectivity index (χ1v) is 10.6. The van der Waals surface area contributed by atoms with Crippen LogP contribution in [0.3, 0.4) is 0 Å². The Morgan fingerprint density at radius 2 is 2.00 bits per heavy atom. The lowest BCUT2D eigenvalue weighted by atomic mass is 10.1. The van der Waals surface area contributed by atoms with Crippen LogP contribution in [0.2, 0.25) is 0 Å². The molecule has 30 heavy (non-hydrogen) atoms. The van der Waals surface area contributed by atoms with Gasteiger partial charge in [-0.1, -0.05) is 30.3 Å². The zero-order valence-corrected chi connectivity index (χ0v) is 18.0. The molecule has 0 atom stereocenters. The number of amides is 1. The fraction of sp³-hybridized carbons (Fsp3) is 0.143. The molecule has 1 heterocycles. The smallest absolute Gasteiger partial charge is 0.331 e. The van der Waals surface area contributed by atoms with Gasteiger partial charge in [0, 0.05) is 22.3 Å². The van der Waals surface area contributed by atoms with Gasteiger partial charge in [0.2, 0.25) is 0 Å². The number of thioether (sulfide) groups is 2. The topological polar surface area (TPSA) is 89.3 Å². The number of ether oxygens (including phenoxy) is 2. The lowest BCUT2D eigenvalue weighted by Crippen LogP contribution is -2.19. The van der Waals surface area contributed by atoms with E-state index in [-0.39, 0.29) is 10.1 Å². The second-order valence-corrected chi connectivity index (χ2v) is 7.99. The Labute approximate surface area is 182 Å². The number of hydrogen-bond donors (Lipinski definition) is 1. The van der Waals surface area contributed by atoms with E-state index < -0.39 is 11.9 Å². The minimum absolute atomic E-state index is 0.206. The first-order valence-electron chi connectivity index (χ1n) is 8.83. The van der Waals surface area contributed by atoms with Gasteiger partial charge in [-0.3, -0.25) is 10.1 Å². The third-order valence-corrected chi connectivity index (χ3v) is 5.87. The molecule has 3 rings (SSSR count). The van der Waals surface area contributed by atoms with E-state index in [1.165, 1.54) is 12.0 Å². The quantitative estimate of drug-likeness (QED) is 0.232. The highest BCUT2D eigenvalue weighted by atomic mass is 32.2. The predicted molar refractivity (Wildman–Crippen MR) is 120 cm³/mol. The Kier molecular flexibility index (Phi) is 7.69. The molecule has 0 aromatic heterocycles. The van der Waals surface area contributed by atoms with Crippen LogP contribution in [-0.2, 0) is 20.1 Å². The predicted octanol–water partition coefficient (Wildman–Crippen LogP) is 3.60. The number of carbonyl (C=O) groups is 2. The summed E-state index contributed by atoms with van der Waals surface area (Å²) in [5.74, 6) is 0.531. The molecule has 0 aliphatic carbocycles. The van der Waals surface area contributed by atoms with Gasteiger partial charge in [0.1, 0.15) is 5.75 Å². The highest BCUT2D eigenvalue weighted by Gasteiger charge is 2.24. The van der Waals surface area contributed by atoms with Crippen LogP contribution in [0.15, 0.2) is 74.6 Å². The monoisotopic (exact) mass is 441 g/mol. The van der Waals surface area contributed by atoms with Crippen LogP contribution in [0.1, 0.15) is 11.1 Å². The van der Waals surface area contributed by atoms with Crippen LogP contribution in [0, 0.1) is 0 Å². The SMILES string of the molecule is COC(=O)/C=C1/S/C(=N\N=Cc2ccc(CSc3ccccc3)c(OC)c2)NC1=O. The Morgan fingerprint density at radius 3 is 2.73 bits per heavy atom. The number of esters is 1. The van der Waals surface area contributed by atoms with E-state index in [2.05, 4.69) is 32.4 Å². The summed E-state index contributed by atoms with van der Waals surface area (Å²) in [6, 6.07) is 16.0. The number of hydrogen-bond acceptors (Lipinski definition) is 8. The molecule has 2 aromatic rings. The van der Waals surface area contributed by atoms with Gasteiger partial charge in [-0.05, 0) is 35.5 Å². The fourth-order valence-electron chi connectivity index (χ4n) is 2.43. The summed E-state index contributed by atoms with van der Waals surface area (Å²) in [5.41, 5.74) is 1.88. The molecule has 0 radical (unpaired) electrons. The average Bonchev–Trinajstić information content (AvgIpc) is 3.12. The molecule has 0 bridgehead atoms. The van der Waals surface area contributed by atoms with Crippen molar-refractivity contribution in [3.63, 3.8) is 0 Å². The summed E-state index contributed by atoms with van der Waals surface area (Å²) in [4.78, 5) is 24.5. The fourth-order valence-corrected chi connectivity index (χ4v) is 4.08. The van der Waals surface area contributed by atoms with Gasteiger partial charge < -0.3 is 9.47 Å². The van der Waals surface area contributed by atoms with E-state index in [1.807, 2.05) is 36.4 Å². The number of amidine groups is 1. The maximum absolute atomic E-state index is 11.8. The number of methoxy groups -OCH3 is 2. The molecule has 1 fully saturated rings. The van der Waals surface area contributed by atoms with E-state index >= 15 is 0 Å². The van der Waals surface area contributed by atoms with Gasteiger partial charge in [-0.2, -0.15) is 5.10 Å². The lowest BCUT2D eigenvalue weighted by molar-refractivity contribution is -0.135. The van der Waals surface area contributed by atoms with Crippen molar-refractivity contribution in [1.82, 2.24) is 5.32 Å². The highest BCUT2D eigenvalue weighted by molar-refractivity contribution is 8.18. The summed E-state index contributed by atoms with van der Waals surface area (Å²) in [6.07, 6.45) is 2.68. The Hall–Kier alpha value is -3.04. The second kappa shape index (κ2) is 10.7. The number of benzene rings is 2. The normalized spacial score (nSPS) is 16.3. The number of rotatable bonds is 7. The van der Waals surface area contributed by atoms with Crippen LogP contribution in [0.25, 0.3) is 0 Å². The van der Waals surface area contributed by atoms with Crippen LogP contribution in [0.4, 0.5) is 0 Å². The lowest BCUT2D eigenvalue weighted by Gasteiger charge is -2.09. The molecule has 154 valence electrons. The Morgan fingerprint density at radius 1 is 1.20 bits per heavy atom. The van der Waals surface area contributed by atoms with Gasteiger partial charge in [0.05, 0.1) is 25.3 Å². The highest BCUT2D eigenvalue weighted by Crippen LogP contribution is 2.28.